The molecule has 1 aromatic heterocycles. The van der Waals surface area contributed by atoms with Gasteiger partial charge in [0.05, 0.1) is 0 Å². The van der Waals surface area contributed by atoms with E-state index in [4.69, 9.17) is 9.72 Å². The summed E-state index contributed by atoms with van der Waals surface area (Å²) in [6.07, 6.45) is 3.70. The van der Waals surface area contributed by atoms with Crippen molar-refractivity contribution in [2.45, 2.75) is 32.1 Å². The summed E-state index contributed by atoms with van der Waals surface area (Å²) in [7, 11) is 4.20. The van der Waals surface area contributed by atoms with Gasteiger partial charge in [0.1, 0.15) is 0 Å². The third-order valence-corrected chi connectivity index (χ3v) is 5.02. The van der Waals surface area contributed by atoms with E-state index in [0.717, 1.165) is 24.8 Å². The lowest BCUT2D eigenvalue weighted by Crippen LogP contribution is -2.30. The molecule has 2 fully saturated rings. The van der Waals surface area contributed by atoms with Crippen LogP contribution in [0.4, 0.5) is 5.69 Å². The molecule has 0 bridgehead atoms. The Labute approximate surface area is 134 Å². The van der Waals surface area contributed by atoms with E-state index in [0.29, 0.717) is 5.92 Å². The van der Waals surface area contributed by atoms with Crippen molar-refractivity contribution in [1.82, 2.24) is 9.88 Å². The largest absolute Gasteiger partial charge is 0.381 e. The van der Waals surface area contributed by atoms with Crippen molar-refractivity contribution >= 4 is 5.69 Å². The summed E-state index contributed by atoms with van der Waals surface area (Å²) in [6, 6.07) is 4.44. The molecule has 2 aliphatic heterocycles. The van der Waals surface area contributed by atoms with Gasteiger partial charge in [-0.05, 0) is 50.8 Å². The maximum absolute atomic E-state index is 5.47. The topological polar surface area (TPSA) is 28.6 Å². The van der Waals surface area contributed by atoms with E-state index in [1.807, 2.05) is 0 Å². The van der Waals surface area contributed by atoms with Crippen LogP contribution in [0.3, 0.4) is 0 Å². The Bertz CT molecular complexity index is 497. The van der Waals surface area contributed by atoms with Crippen molar-refractivity contribution in [3.63, 3.8) is 0 Å². The van der Waals surface area contributed by atoms with Crippen molar-refractivity contribution in [2.24, 2.45) is 5.92 Å². The van der Waals surface area contributed by atoms with Gasteiger partial charge in [0.25, 0.3) is 0 Å². The van der Waals surface area contributed by atoms with Gasteiger partial charge >= 0.3 is 0 Å². The second-order valence-electron chi connectivity index (χ2n) is 7.09. The van der Waals surface area contributed by atoms with Gasteiger partial charge < -0.3 is 14.5 Å². The fraction of sp³-hybridized carbons (Fsp3) is 0.722. The highest BCUT2D eigenvalue weighted by Crippen LogP contribution is 2.30. The lowest BCUT2D eigenvalue weighted by molar-refractivity contribution is 0.0553. The highest BCUT2D eigenvalue weighted by atomic mass is 16.5. The first kappa shape index (κ1) is 15.8. The first-order chi connectivity index (χ1) is 10.6. The predicted molar refractivity (Wildman–Crippen MR) is 90.6 cm³/mol. The number of aryl methyl sites for hydroxylation is 1. The molecule has 1 atom stereocenters. The van der Waals surface area contributed by atoms with Crippen molar-refractivity contribution in [2.75, 3.05) is 51.8 Å². The van der Waals surface area contributed by atoms with E-state index in [-0.39, 0.29) is 0 Å². The number of rotatable bonds is 4. The highest BCUT2D eigenvalue weighted by molar-refractivity contribution is 5.47. The summed E-state index contributed by atoms with van der Waals surface area (Å²) in [5.74, 6) is 1.42. The SMILES string of the molecule is Cc1cc(N(C)C)cc(C2CCN(CC3CCOCC3)C2)n1. The number of hydrogen-bond donors (Lipinski definition) is 0. The second kappa shape index (κ2) is 6.97. The number of aromatic nitrogens is 1. The molecule has 3 rings (SSSR count). The van der Waals surface area contributed by atoms with Gasteiger partial charge in [0, 0.05) is 63.4 Å². The van der Waals surface area contributed by atoms with Crippen molar-refractivity contribution in [3.8, 4) is 0 Å². The Morgan fingerprint density at radius 3 is 2.73 bits per heavy atom. The summed E-state index contributed by atoms with van der Waals surface area (Å²) >= 11 is 0. The molecule has 0 aromatic carbocycles. The van der Waals surface area contributed by atoms with E-state index in [1.165, 1.54) is 50.3 Å². The summed E-state index contributed by atoms with van der Waals surface area (Å²) in [6.45, 7) is 7.63. The third-order valence-electron chi connectivity index (χ3n) is 5.02. The van der Waals surface area contributed by atoms with Gasteiger partial charge in [-0.3, -0.25) is 4.98 Å². The molecule has 1 unspecified atom stereocenters. The van der Waals surface area contributed by atoms with Crippen molar-refractivity contribution in [3.05, 3.63) is 23.5 Å². The van der Waals surface area contributed by atoms with Crippen LogP contribution >= 0.6 is 0 Å². The third kappa shape index (κ3) is 3.79. The zero-order chi connectivity index (χ0) is 15.5. The molecule has 4 heteroatoms. The van der Waals surface area contributed by atoms with Gasteiger partial charge in [-0.1, -0.05) is 0 Å². The molecule has 2 aliphatic rings. The fourth-order valence-electron chi connectivity index (χ4n) is 3.68. The molecule has 3 heterocycles. The second-order valence-corrected chi connectivity index (χ2v) is 7.09. The molecule has 0 amide bonds. The predicted octanol–water partition coefficient (Wildman–Crippen LogP) is 2.67. The average Bonchev–Trinajstić information content (AvgIpc) is 2.96. The Morgan fingerprint density at radius 1 is 1.23 bits per heavy atom. The van der Waals surface area contributed by atoms with Gasteiger partial charge in [-0.2, -0.15) is 0 Å². The highest BCUT2D eigenvalue weighted by Gasteiger charge is 2.27. The van der Waals surface area contributed by atoms with E-state index >= 15 is 0 Å². The molecular formula is C18H29N3O. The fourth-order valence-corrected chi connectivity index (χ4v) is 3.68. The summed E-state index contributed by atoms with van der Waals surface area (Å²) in [4.78, 5) is 9.62. The van der Waals surface area contributed by atoms with E-state index < -0.39 is 0 Å². The molecule has 0 spiro atoms. The molecule has 22 heavy (non-hydrogen) atoms. The summed E-state index contributed by atoms with van der Waals surface area (Å²) in [5.41, 5.74) is 3.67. The Morgan fingerprint density at radius 2 is 2.00 bits per heavy atom. The summed E-state index contributed by atoms with van der Waals surface area (Å²) < 4.78 is 5.47. The normalized spacial score (nSPS) is 23.9. The lowest BCUT2D eigenvalue weighted by Gasteiger charge is -2.27. The van der Waals surface area contributed by atoms with Crippen LogP contribution in [0.2, 0.25) is 0 Å². The van der Waals surface area contributed by atoms with Crippen LogP contribution < -0.4 is 4.90 Å². The quantitative estimate of drug-likeness (QED) is 0.855. The molecule has 1 aromatic rings. The number of likely N-dealkylation sites (tertiary alicyclic amines) is 1. The van der Waals surface area contributed by atoms with E-state index in [1.54, 1.807) is 0 Å². The first-order valence-electron chi connectivity index (χ1n) is 8.58. The minimum Gasteiger partial charge on any atom is -0.381 e. The number of hydrogen-bond acceptors (Lipinski definition) is 4. The minimum atomic E-state index is 0.596. The number of nitrogens with zero attached hydrogens (tertiary/aromatic N) is 3. The minimum absolute atomic E-state index is 0.596. The molecule has 0 aliphatic carbocycles. The number of pyridine rings is 1. The standard InChI is InChI=1S/C18H29N3O/c1-14-10-17(20(2)3)11-18(19-14)16-4-7-21(13-16)12-15-5-8-22-9-6-15/h10-11,15-16H,4-9,12-13H2,1-3H3. The van der Waals surface area contributed by atoms with Gasteiger partial charge in [0.2, 0.25) is 0 Å². The van der Waals surface area contributed by atoms with Crippen molar-refractivity contribution in [1.29, 1.82) is 0 Å². The van der Waals surface area contributed by atoms with Crippen LogP contribution in [0.1, 0.15) is 36.6 Å². The van der Waals surface area contributed by atoms with Gasteiger partial charge in [-0.15, -0.1) is 0 Å². The maximum atomic E-state index is 5.47. The molecule has 4 nitrogen and oxygen atoms in total. The zero-order valence-electron chi connectivity index (χ0n) is 14.2. The molecule has 0 N–H and O–H groups in total. The van der Waals surface area contributed by atoms with Crippen LogP contribution in [0.15, 0.2) is 12.1 Å². The van der Waals surface area contributed by atoms with Gasteiger partial charge in [-0.25, -0.2) is 0 Å². The van der Waals surface area contributed by atoms with Crippen LogP contribution in [0.5, 0.6) is 0 Å². The van der Waals surface area contributed by atoms with E-state index in [2.05, 4.69) is 43.0 Å². The van der Waals surface area contributed by atoms with Crippen LogP contribution in [-0.4, -0.2) is 56.8 Å². The van der Waals surface area contributed by atoms with E-state index in [9.17, 15) is 0 Å². The van der Waals surface area contributed by atoms with Crippen molar-refractivity contribution < 1.29 is 4.74 Å². The molecule has 0 saturated carbocycles. The number of anilines is 1. The number of ether oxygens (including phenoxy) is 1. The summed E-state index contributed by atoms with van der Waals surface area (Å²) in [5, 5.41) is 0. The monoisotopic (exact) mass is 303 g/mol. The molecule has 122 valence electrons. The zero-order valence-corrected chi connectivity index (χ0v) is 14.2. The van der Waals surface area contributed by atoms with Gasteiger partial charge in [0.15, 0.2) is 0 Å². The Hall–Kier alpha value is -1.13. The smallest absolute Gasteiger partial charge is 0.0471 e. The molecule has 0 radical (unpaired) electrons. The first-order valence-corrected chi connectivity index (χ1v) is 8.58. The Kier molecular flexibility index (Phi) is 4.99. The molecule has 2 saturated heterocycles. The van der Waals surface area contributed by atoms with Crippen LogP contribution in [0, 0.1) is 12.8 Å². The molecular weight excluding hydrogens is 274 g/mol. The van der Waals surface area contributed by atoms with Crippen LogP contribution in [-0.2, 0) is 4.74 Å². The lowest BCUT2D eigenvalue weighted by atomic mass is 9.99. The van der Waals surface area contributed by atoms with Crippen LogP contribution in [0.25, 0.3) is 0 Å². The maximum Gasteiger partial charge on any atom is 0.0471 e. The average molecular weight is 303 g/mol. The Balaban J connectivity index is 1.62.